The normalized spacial score (nSPS) is 14.9. The van der Waals surface area contributed by atoms with Crippen LogP contribution in [-0.4, -0.2) is 4.57 Å². The number of rotatable bonds is 5. The van der Waals surface area contributed by atoms with Gasteiger partial charge in [-0.25, -0.2) is 0 Å². The summed E-state index contributed by atoms with van der Waals surface area (Å²) in [6.45, 7) is 8.85. The zero-order chi connectivity index (χ0) is 39.9. The Kier molecular flexibility index (Phi) is 8.71. The second kappa shape index (κ2) is 14.2. The summed E-state index contributed by atoms with van der Waals surface area (Å²) in [5.74, 6) is 0. The van der Waals surface area contributed by atoms with Crippen molar-refractivity contribution in [2.24, 2.45) is 0 Å². The van der Waals surface area contributed by atoms with E-state index in [-0.39, 0.29) is 0 Å². The number of aryl methyl sites for hydroxylation is 2. The lowest BCUT2D eigenvalue weighted by Crippen LogP contribution is -2.06. The van der Waals surface area contributed by atoms with Gasteiger partial charge >= 0.3 is 0 Å². The van der Waals surface area contributed by atoms with Gasteiger partial charge in [0.1, 0.15) is 0 Å². The predicted molar refractivity (Wildman–Crippen MR) is 258 cm³/mol. The van der Waals surface area contributed by atoms with Crippen LogP contribution in [0.4, 0.5) is 0 Å². The fourth-order valence-corrected chi connectivity index (χ4v) is 11.2. The van der Waals surface area contributed by atoms with Crippen LogP contribution in [0, 0.1) is 27.7 Å². The molecule has 0 atom stereocenters. The molecule has 0 fully saturated rings. The highest BCUT2D eigenvalue weighted by Crippen LogP contribution is 2.49. The summed E-state index contributed by atoms with van der Waals surface area (Å²) in [4.78, 5) is 1.09. The van der Waals surface area contributed by atoms with Crippen molar-refractivity contribution in [1.29, 1.82) is 0 Å². The molecule has 0 saturated heterocycles. The molecule has 2 heteroatoms. The van der Waals surface area contributed by atoms with Crippen LogP contribution in [0.2, 0.25) is 0 Å². The van der Waals surface area contributed by atoms with Gasteiger partial charge in [0.15, 0.2) is 0 Å². The molecule has 0 unspecified atom stereocenters. The summed E-state index contributed by atoms with van der Waals surface area (Å²) < 4.78 is 2.70. The molecule has 8 aromatic rings. The molecule has 288 valence electrons. The smallest absolute Gasteiger partial charge is 0.0619 e. The summed E-state index contributed by atoms with van der Waals surface area (Å²) in [6.07, 6.45) is 21.7. The molecule has 3 aliphatic carbocycles. The molecule has 0 N–H and O–H groups in total. The van der Waals surface area contributed by atoms with Gasteiger partial charge in [-0.15, -0.1) is 12.6 Å². The zero-order valence-electron chi connectivity index (χ0n) is 34.5. The Bertz CT molecular complexity index is 3050. The van der Waals surface area contributed by atoms with Crippen molar-refractivity contribution in [2.75, 3.05) is 0 Å². The number of allylic oxidation sites excluding steroid dienone is 6. The molecular formula is C57H49NS. The number of hydrogen-bond donors (Lipinski definition) is 1. The average Bonchev–Trinajstić information content (AvgIpc) is 3.66. The average molecular weight is 780 g/mol. The summed E-state index contributed by atoms with van der Waals surface area (Å²) in [5.41, 5.74) is 23.1. The van der Waals surface area contributed by atoms with Gasteiger partial charge in [0.25, 0.3) is 0 Å². The number of aromatic nitrogens is 1. The molecule has 0 bridgehead atoms. The van der Waals surface area contributed by atoms with Crippen molar-refractivity contribution in [3.05, 3.63) is 183 Å². The largest absolute Gasteiger partial charge is 0.312 e. The van der Waals surface area contributed by atoms with Gasteiger partial charge in [0, 0.05) is 32.5 Å². The van der Waals surface area contributed by atoms with Crippen molar-refractivity contribution < 1.29 is 0 Å². The highest BCUT2D eigenvalue weighted by Gasteiger charge is 2.28. The molecule has 7 aromatic carbocycles. The minimum atomic E-state index is 0.914. The highest BCUT2D eigenvalue weighted by molar-refractivity contribution is 7.80. The topological polar surface area (TPSA) is 4.93 Å². The van der Waals surface area contributed by atoms with Crippen LogP contribution in [0.15, 0.2) is 126 Å². The van der Waals surface area contributed by atoms with E-state index in [2.05, 4.69) is 166 Å². The Balaban J connectivity index is 0.983. The molecule has 0 spiro atoms. The number of fused-ring (bicyclic) bond motifs is 13. The van der Waals surface area contributed by atoms with E-state index in [0.29, 0.717) is 0 Å². The lowest BCUT2D eigenvalue weighted by atomic mass is 9.86. The monoisotopic (exact) mass is 779 g/mol. The minimum Gasteiger partial charge on any atom is -0.312 e. The van der Waals surface area contributed by atoms with Gasteiger partial charge in [0.2, 0.25) is 0 Å². The third-order valence-corrected chi connectivity index (χ3v) is 14.7. The summed E-state index contributed by atoms with van der Waals surface area (Å²) in [5, 5.41) is 8.39. The standard InChI is InChI=1S/C57H49NS/c1-34-35(2)37(4)57(59)52(36(34)3)42-27-23-39(24-28-42)33-38-21-25-40(26-22-38)41-29-31-43(32-30-41)58-55-50-19-11-7-15-46(50)44-13-5-9-17-48(44)53(55)54-49-18-10-6-14-45(49)47-16-8-12-20-51(47)56(54)58/h5-6,9-14,17-29,31,59H,7-8,15-16,30,32-33H2,1-4H3. The molecule has 1 aromatic heterocycles. The molecule has 3 aliphatic rings. The lowest BCUT2D eigenvalue weighted by Gasteiger charge is -2.23. The van der Waals surface area contributed by atoms with Gasteiger partial charge in [-0.2, -0.15) is 0 Å². The molecule has 0 saturated carbocycles. The Labute approximate surface area is 353 Å². The van der Waals surface area contributed by atoms with Crippen LogP contribution >= 0.6 is 12.6 Å². The quantitative estimate of drug-likeness (QED) is 0.166. The Morgan fingerprint density at radius 1 is 0.508 bits per heavy atom. The lowest BCUT2D eigenvalue weighted by molar-refractivity contribution is 0.973. The third kappa shape index (κ3) is 5.67. The van der Waals surface area contributed by atoms with Crippen molar-refractivity contribution in [2.45, 2.75) is 77.5 Å². The second-order valence-electron chi connectivity index (χ2n) is 17.2. The van der Waals surface area contributed by atoms with E-state index in [1.165, 1.54) is 127 Å². The van der Waals surface area contributed by atoms with Crippen LogP contribution in [0.1, 0.15) is 86.9 Å². The fraction of sp³-hybridized carbons (Fsp3) is 0.193. The van der Waals surface area contributed by atoms with Crippen molar-refractivity contribution in [1.82, 2.24) is 4.57 Å². The predicted octanol–water partition coefficient (Wildman–Crippen LogP) is 15.5. The molecule has 0 amide bonds. The van der Waals surface area contributed by atoms with E-state index >= 15 is 0 Å². The first-order chi connectivity index (χ1) is 28.9. The number of thiol groups is 1. The number of hydrogen-bond acceptors (Lipinski definition) is 1. The van der Waals surface area contributed by atoms with Gasteiger partial charge in [-0.1, -0.05) is 127 Å². The van der Waals surface area contributed by atoms with E-state index in [4.69, 9.17) is 12.6 Å². The van der Waals surface area contributed by atoms with Crippen LogP contribution in [0.3, 0.4) is 0 Å². The molecule has 11 rings (SSSR count). The van der Waals surface area contributed by atoms with Gasteiger partial charge in [-0.3, -0.25) is 0 Å². The van der Waals surface area contributed by atoms with Crippen LogP contribution in [0.5, 0.6) is 0 Å². The van der Waals surface area contributed by atoms with E-state index in [1.54, 1.807) is 0 Å². The molecule has 1 nitrogen and oxygen atoms in total. The first kappa shape index (κ1) is 36.3. The van der Waals surface area contributed by atoms with Crippen LogP contribution in [-0.2, 0) is 19.3 Å². The van der Waals surface area contributed by atoms with Crippen molar-refractivity contribution in [3.63, 3.8) is 0 Å². The van der Waals surface area contributed by atoms with Gasteiger partial charge in [0.05, 0.1) is 11.0 Å². The fourth-order valence-electron chi connectivity index (χ4n) is 10.7. The first-order valence-corrected chi connectivity index (χ1v) is 22.0. The van der Waals surface area contributed by atoms with Crippen LogP contribution < -0.4 is 0 Å². The highest BCUT2D eigenvalue weighted by atomic mass is 32.1. The Morgan fingerprint density at radius 2 is 1.02 bits per heavy atom. The summed E-state index contributed by atoms with van der Waals surface area (Å²) >= 11 is 4.96. The van der Waals surface area contributed by atoms with Gasteiger partial charge in [-0.05, 0) is 167 Å². The number of nitrogens with zero attached hydrogens (tertiary/aromatic N) is 1. The minimum absolute atomic E-state index is 0.914. The molecule has 59 heavy (non-hydrogen) atoms. The maximum atomic E-state index is 4.96. The van der Waals surface area contributed by atoms with E-state index < -0.39 is 0 Å². The molecule has 0 aliphatic heterocycles. The maximum absolute atomic E-state index is 4.96. The molecular weight excluding hydrogens is 731 g/mol. The van der Waals surface area contributed by atoms with Gasteiger partial charge < -0.3 is 4.57 Å². The SMILES string of the molecule is Cc1c(C)c(C)c(-c2ccc(Cc3ccc(C4=CC=C(n5c6c7c(c8ccccc8c6c6c8ccccc8c8c(c65)C=CCC8)CCC=C7)CC4)cc3)cc2)c(S)c1C. The summed E-state index contributed by atoms with van der Waals surface area (Å²) in [6, 6.07) is 36.8. The number of benzene rings is 7. The van der Waals surface area contributed by atoms with Crippen molar-refractivity contribution >= 4 is 79.4 Å². The first-order valence-electron chi connectivity index (χ1n) is 21.5. The van der Waals surface area contributed by atoms with E-state index in [9.17, 15) is 0 Å². The maximum Gasteiger partial charge on any atom is 0.0619 e. The summed E-state index contributed by atoms with van der Waals surface area (Å²) in [7, 11) is 0. The molecule has 1 heterocycles. The molecule has 0 radical (unpaired) electrons. The Morgan fingerprint density at radius 3 is 1.54 bits per heavy atom. The van der Waals surface area contributed by atoms with Crippen LogP contribution in [0.25, 0.3) is 77.9 Å². The zero-order valence-corrected chi connectivity index (χ0v) is 35.4. The second-order valence-corrected chi connectivity index (χ2v) is 17.6. The Hall–Kier alpha value is -5.83. The van der Waals surface area contributed by atoms with E-state index in [0.717, 1.165) is 49.8 Å². The van der Waals surface area contributed by atoms with E-state index in [1.807, 2.05) is 0 Å². The third-order valence-electron chi connectivity index (χ3n) is 14.1. The van der Waals surface area contributed by atoms with Crippen molar-refractivity contribution in [3.8, 4) is 11.1 Å².